The molecular formula is C17H21Si. The second-order valence-corrected chi connectivity index (χ2v) is 8.08. The van der Waals surface area contributed by atoms with Crippen LogP contribution in [0.4, 0.5) is 0 Å². The molecule has 0 aliphatic carbocycles. The average molecular weight is 253 g/mol. The SMILES string of the molecule is C[Si](C)c1ccccc1C(C)(C)c1ccccc1. The van der Waals surface area contributed by atoms with E-state index in [1.165, 1.54) is 11.1 Å². The average Bonchev–Trinajstić information content (AvgIpc) is 2.39. The van der Waals surface area contributed by atoms with Gasteiger partial charge in [0, 0.05) is 5.41 Å². The first-order valence-corrected chi connectivity index (χ1v) is 8.99. The van der Waals surface area contributed by atoms with Crippen LogP contribution in [0.3, 0.4) is 0 Å². The molecule has 0 saturated heterocycles. The highest BCUT2D eigenvalue weighted by Gasteiger charge is 2.26. The number of rotatable bonds is 3. The maximum Gasteiger partial charge on any atom is 0.0795 e. The summed E-state index contributed by atoms with van der Waals surface area (Å²) in [6, 6.07) is 19.7. The van der Waals surface area contributed by atoms with E-state index in [1.54, 1.807) is 5.19 Å². The fourth-order valence-electron chi connectivity index (χ4n) is 2.47. The standard InChI is InChI=1S/C17H21Si/c1-17(2,14-10-6-5-7-11-14)15-12-8-9-13-16(15)18(3)4/h5-13H,1-4H3. The first-order valence-electron chi connectivity index (χ1n) is 6.49. The molecule has 0 bridgehead atoms. The van der Waals surface area contributed by atoms with Gasteiger partial charge in [-0.15, -0.1) is 0 Å². The van der Waals surface area contributed by atoms with E-state index in [0.717, 1.165) is 0 Å². The van der Waals surface area contributed by atoms with E-state index in [4.69, 9.17) is 0 Å². The second kappa shape index (κ2) is 5.11. The van der Waals surface area contributed by atoms with Crippen LogP contribution in [-0.4, -0.2) is 8.80 Å². The first kappa shape index (κ1) is 13.1. The number of hydrogen-bond donors (Lipinski definition) is 0. The number of benzene rings is 2. The molecule has 0 spiro atoms. The lowest BCUT2D eigenvalue weighted by Gasteiger charge is -2.29. The lowest BCUT2D eigenvalue weighted by molar-refractivity contribution is 0.645. The Hall–Kier alpha value is -1.34. The van der Waals surface area contributed by atoms with Crippen molar-refractivity contribution >= 4 is 14.0 Å². The summed E-state index contributed by atoms with van der Waals surface area (Å²) in [5.41, 5.74) is 2.95. The predicted octanol–water partition coefficient (Wildman–Crippen LogP) is 3.97. The smallest absolute Gasteiger partial charge is 0.0671 e. The van der Waals surface area contributed by atoms with Gasteiger partial charge >= 0.3 is 0 Å². The van der Waals surface area contributed by atoms with Gasteiger partial charge in [-0.2, -0.15) is 0 Å². The molecule has 0 amide bonds. The van der Waals surface area contributed by atoms with Gasteiger partial charge in [-0.1, -0.05) is 86.7 Å². The summed E-state index contributed by atoms with van der Waals surface area (Å²) in [5, 5.41) is 1.55. The van der Waals surface area contributed by atoms with Crippen molar-refractivity contribution in [2.75, 3.05) is 0 Å². The van der Waals surface area contributed by atoms with Crippen molar-refractivity contribution in [3.63, 3.8) is 0 Å². The van der Waals surface area contributed by atoms with Crippen molar-refractivity contribution in [3.8, 4) is 0 Å². The Balaban J connectivity index is 2.54. The van der Waals surface area contributed by atoms with Crippen molar-refractivity contribution in [3.05, 3.63) is 65.7 Å². The summed E-state index contributed by atoms with van der Waals surface area (Å²) >= 11 is 0. The molecule has 0 N–H and O–H groups in total. The molecule has 0 fully saturated rings. The largest absolute Gasteiger partial charge is 0.0795 e. The zero-order chi connectivity index (χ0) is 13.2. The quantitative estimate of drug-likeness (QED) is 0.726. The minimum Gasteiger partial charge on any atom is -0.0671 e. The normalized spacial score (nSPS) is 11.8. The maximum atomic E-state index is 2.37. The molecular weight excluding hydrogens is 232 g/mol. The molecule has 2 rings (SSSR count). The van der Waals surface area contributed by atoms with Crippen LogP contribution in [0.15, 0.2) is 54.6 Å². The minimum absolute atomic E-state index is 0.0831. The minimum atomic E-state index is -0.431. The zero-order valence-corrected chi connectivity index (χ0v) is 12.7. The highest BCUT2D eigenvalue weighted by molar-refractivity contribution is 6.71. The summed E-state index contributed by atoms with van der Waals surface area (Å²) in [6.07, 6.45) is 0. The van der Waals surface area contributed by atoms with E-state index in [0.29, 0.717) is 0 Å². The van der Waals surface area contributed by atoms with Gasteiger partial charge in [0.1, 0.15) is 0 Å². The lowest BCUT2D eigenvalue weighted by atomic mass is 9.78. The van der Waals surface area contributed by atoms with E-state index in [2.05, 4.69) is 81.5 Å². The van der Waals surface area contributed by atoms with Crippen LogP contribution < -0.4 is 5.19 Å². The van der Waals surface area contributed by atoms with Crippen LogP contribution in [0.5, 0.6) is 0 Å². The molecule has 0 heterocycles. The van der Waals surface area contributed by atoms with Crippen LogP contribution in [0.2, 0.25) is 13.1 Å². The lowest BCUT2D eigenvalue weighted by Crippen LogP contribution is -2.34. The van der Waals surface area contributed by atoms with Gasteiger partial charge in [0.25, 0.3) is 0 Å². The van der Waals surface area contributed by atoms with Gasteiger partial charge in [-0.25, -0.2) is 0 Å². The van der Waals surface area contributed by atoms with Crippen LogP contribution in [0, 0.1) is 0 Å². The van der Waals surface area contributed by atoms with E-state index >= 15 is 0 Å². The van der Waals surface area contributed by atoms with Crippen molar-refractivity contribution < 1.29 is 0 Å². The Morgan fingerprint density at radius 3 is 1.94 bits per heavy atom. The molecule has 2 aromatic rings. The maximum absolute atomic E-state index is 2.37. The van der Waals surface area contributed by atoms with Gasteiger partial charge in [-0.05, 0) is 11.1 Å². The van der Waals surface area contributed by atoms with E-state index in [9.17, 15) is 0 Å². The third-order valence-corrected chi connectivity index (χ3v) is 5.15. The summed E-state index contributed by atoms with van der Waals surface area (Å²) in [4.78, 5) is 0. The van der Waals surface area contributed by atoms with Crippen molar-refractivity contribution in [1.29, 1.82) is 0 Å². The number of hydrogen-bond acceptors (Lipinski definition) is 0. The van der Waals surface area contributed by atoms with Gasteiger partial charge in [0.05, 0.1) is 8.80 Å². The Morgan fingerprint density at radius 1 is 0.778 bits per heavy atom. The van der Waals surface area contributed by atoms with E-state index in [1.807, 2.05) is 0 Å². The monoisotopic (exact) mass is 253 g/mol. The Bertz CT molecular complexity index is 512. The first-order chi connectivity index (χ1) is 8.53. The van der Waals surface area contributed by atoms with E-state index < -0.39 is 8.80 Å². The Labute approximate surface area is 112 Å². The summed E-state index contributed by atoms with van der Waals surface area (Å²) in [6.45, 7) is 9.38. The molecule has 1 radical (unpaired) electrons. The summed E-state index contributed by atoms with van der Waals surface area (Å²) < 4.78 is 0. The highest BCUT2D eigenvalue weighted by Crippen LogP contribution is 2.30. The van der Waals surface area contributed by atoms with Crippen LogP contribution in [-0.2, 0) is 5.41 Å². The molecule has 0 nitrogen and oxygen atoms in total. The van der Waals surface area contributed by atoms with Gasteiger partial charge < -0.3 is 0 Å². The third kappa shape index (κ3) is 2.41. The zero-order valence-electron chi connectivity index (χ0n) is 11.7. The molecule has 0 aliphatic rings. The van der Waals surface area contributed by atoms with Gasteiger partial charge in [0.2, 0.25) is 0 Å². The van der Waals surface area contributed by atoms with Gasteiger partial charge in [0.15, 0.2) is 0 Å². The Kier molecular flexibility index (Phi) is 3.72. The highest BCUT2D eigenvalue weighted by atomic mass is 28.3. The Morgan fingerprint density at radius 2 is 1.33 bits per heavy atom. The van der Waals surface area contributed by atoms with Gasteiger partial charge in [-0.3, -0.25) is 0 Å². The molecule has 0 aliphatic heterocycles. The summed E-state index contributed by atoms with van der Waals surface area (Å²) in [7, 11) is -0.431. The predicted molar refractivity (Wildman–Crippen MR) is 82.1 cm³/mol. The molecule has 0 unspecified atom stereocenters. The van der Waals surface area contributed by atoms with Crippen molar-refractivity contribution in [2.24, 2.45) is 0 Å². The molecule has 0 aromatic heterocycles. The van der Waals surface area contributed by atoms with Crippen molar-refractivity contribution in [1.82, 2.24) is 0 Å². The molecule has 0 saturated carbocycles. The molecule has 0 atom stereocenters. The van der Waals surface area contributed by atoms with Crippen molar-refractivity contribution in [2.45, 2.75) is 32.4 Å². The van der Waals surface area contributed by atoms with E-state index in [-0.39, 0.29) is 5.41 Å². The van der Waals surface area contributed by atoms with Crippen LogP contribution >= 0.6 is 0 Å². The second-order valence-electron chi connectivity index (χ2n) is 5.54. The molecule has 93 valence electrons. The molecule has 1 heteroatoms. The van der Waals surface area contributed by atoms with Crippen LogP contribution in [0.25, 0.3) is 0 Å². The topological polar surface area (TPSA) is 0 Å². The molecule has 18 heavy (non-hydrogen) atoms. The fourth-order valence-corrected chi connectivity index (χ4v) is 3.84. The molecule has 2 aromatic carbocycles. The summed E-state index contributed by atoms with van der Waals surface area (Å²) in [5.74, 6) is 0. The fraction of sp³-hybridized carbons (Fsp3) is 0.294. The third-order valence-electron chi connectivity index (χ3n) is 3.63. The van der Waals surface area contributed by atoms with Crippen LogP contribution in [0.1, 0.15) is 25.0 Å².